The highest BCUT2D eigenvalue weighted by molar-refractivity contribution is 7.99. The summed E-state index contributed by atoms with van der Waals surface area (Å²) in [5, 5.41) is 10.0. The van der Waals surface area contributed by atoms with Gasteiger partial charge in [0, 0.05) is 17.5 Å². The number of carbonyl (C=O) groups is 1. The predicted molar refractivity (Wildman–Crippen MR) is 97.9 cm³/mol. The first kappa shape index (κ1) is 19.3. The second-order valence-corrected chi connectivity index (χ2v) is 7.35. The van der Waals surface area contributed by atoms with E-state index in [9.17, 15) is 13.6 Å². The molecule has 3 aromatic rings. The van der Waals surface area contributed by atoms with Crippen LogP contribution < -0.4 is 4.74 Å². The maximum atomic E-state index is 12.2. The summed E-state index contributed by atoms with van der Waals surface area (Å²) in [5.41, 5.74) is 0.567. The lowest BCUT2D eigenvalue weighted by Gasteiger charge is -2.15. The summed E-state index contributed by atoms with van der Waals surface area (Å²) in [6, 6.07) is 9.78. The summed E-state index contributed by atoms with van der Waals surface area (Å²) in [5.74, 6) is 0.398. The van der Waals surface area contributed by atoms with E-state index < -0.39 is 6.61 Å². The van der Waals surface area contributed by atoms with Crippen LogP contribution in [0.4, 0.5) is 8.78 Å². The molecule has 2 heterocycles. The van der Waals surface area contributed by atoms with Gasteiger partial charge in [0.1, 0.15) is 5.75 Å². The van der Waals surface area contributed by atoms with E-state index in [-0.39, 0.29) is 28.5 Å². The van der Waals surface area contributed by atoms with E-state index in [1.54, 1.807) is 35.4 Å². The van der Waals surface area contributed by atoms with Gasteiger partial charge in [0.25, 0.3) is 5.22 Å². The number of amides is 1. The Labute approximate surface area is 162 Å². The van der Waals surface area contributed by atoms with Crippen molar-refractivity contribution in [2.75, 3.05) is 12.8 Å². The van der Waals surface area contributed by atoms with Gasteiger partial charge < -0.3 is 14.1 Å². The Morgan fingerprint density at radius 3 is 2.74 bits per heavy atom. The van der Waals surface area contributed by atoms with Crippen molar-refractivity contribution in [3.63, 3.8) is 0 Å². The molecular formula is C17H15F2N3O3S2. The van der Waals surface area contributed by atoms with Gasteiger partial charge in [-0.2, -0.15) is 8.78 Å². The smallest absolute Gasteiger partial charge is 0.387 e. The second kappa shape index (κ2) is 8.96. The number of alkyl halides is 2. The molecule has 0 aliphatic rings. The number of benzene rings is 1. The van der Waals surface area contributed by atoms with E-state index in [4.69, 9.17) is 4.42 Å². The van der Waals surface area contributed by atoms with Crippen LogP contribution in [0.3, 0.4) is 0 Å². The molecule has 3 rings (SSSR count). The molecular weight excluding hydrogens is 396 g/mol. The van der Waals surface area contributed by atoms with E-state index in [1.165, 1.54) is 12.1 Å². The molecule has 0 aliphatic heterocycles. The Hall–Kier alpha value is -2.46. The summed E-state index contributed by atoms with van der Waals surface area (Å²) in [6.45, 7) is -2.32. The lowest BCUT2D eigenvalue weighted by atomic mass is 10.2. The minimum atomic E-state index is -2.88. The van der Waals surface area contributed by atoms with E-state index in [0.29, 0.717) is 12.1 Å². The Balaban J connectivity index is 1.53. The third-order valence-electron chi connectivity index (χ3n) is 3.45. The fourth-order valence-electron chi connectivity index (χ4n) is 2.12. The third-order valence-corrected chi connectivity index (χ3v) is 5.12. The van der Waals surface area contributed by atoms with Gasteiger partial charge in [0.05, 0.1) is 12.3 Å². The molecule has 0 saturated carbocycles. The average molecular weight is 411 g/mol. The molecule has 0 unspecified atom stereocenters. The number of halogens is 2. The minimum absolute atomic E-state index is 0.0437. The molecule has 27 heavy (non-hydrogen) atoms. The fraction of sp³-hybridized carbons (Fsp3) is 0.235. The highest BCUT2D eigenvalue weighted by Crippen LogP contribution is 2.25. The Bertz CT molecular complexity index is 870. The maximum absolute atomic E-state index is 12.2. The first-order valence-electron chi connectivity index (χ1n) is 7.79. The normalized spacial score (nSPS) is 11.0. The second-order valence-electron chi connectivity index (χ2n) is 5.39. The highest BCUT2D eigenvalue weighted by Gasteiger charge is 2.14. The van der Waals surface area contributed by atoms with Crippen molar-refractivity contribution in [3.05, 3.63) is 46.7 Å². The molecule has 0 saturated heterocycles. The number of thioether (sulfide) groups is 1. The summed E-state index contributed by atoms with van der Waals surface area (Å²) in [7, 11) is 1.74. The largest absolute Gasteiger partial charge is 0.435 e. The van der Waals surface area contributed by atoms with Crippen molar-refractivity contribution in [1.29, 1.82) is 0 Å². The summed E-state index contributed by atoms with van der Waals surface area (Å²) < 4.78 is 34.1. The lowest BCUT2D eigenvalue weighted by Crippen LogP contribution is -2.27. The summed E-state index contributed by atoms with van der Waals surface area (Å²) in [4.78, 5) is 14.9. The van der Waals surface area contributed by atoms with Crippen molar-refractivity contribution in [2.45, 2.75) is 18.4 Å². The summed E-state index contributed by atoms with van der Waals surface area (Å²) >= 11 is 2.74. The van der Waals surface area contributed by atoms with Gasteiger partial charge in [0.2, 0.25) is 11.8 Å². The molecule has 6 nitrogen and oxygen atoms in total. The molecule has 142 valence electrons. The molecule has 0 spiro atoms. The Morgan fingerprint density at radius 1 is 1.30 bits per heavy atom. The Morgan fingerprint density at radius 2 is 2.07 bits per heavy atom. The highest BCUT2D eigenvalue weighted by atomic mass is 32.2. The van der Waals surface area contributed by atoms with Crippen molar-refractivity contribution >= 4 is 29.0 Å². The number of hydrogen-bond acceptors (Lipinski definition) is 7. The average Bonchev–Trinajstić information content (AvgIpc) is 3.31. The van der Waals surface area contributed by atoms with Gasteiger partial charge in [-0.05, 0) is 35.7 Å². The first-order chi connectivity index (χ1) is 13.0. The van der Waals surface area contributed by atoms with Gasteiger partial charge in [-0.3, -0.25) is 4.79 Å². The molecule has 1 aromatic carbocycles. The molecule has 1 amide bonds. The van der Waals surface area contributed by atoms with Crippen LogP contribution in [0.2, 0.25) is 0 Å². The van der Waals surface area contributed by atoms with Crippen LogP contribution >= 0.6 is 23.1 Å². The zero-order chi connectivity index (χ0) is 19.2. The minimum Gasteiger partial charge on any atom is -0.435 e. The molecule has 0 bridgehead atoms. The number of carbonyl (C=O) groups excluding carboxylic acids is 1. The Kier molecular flexibility index (Phi) is 6.40. The van der Waals surface area contributed by atoms with E-state index in [0.717, 1.165) is 16.6 Å². The molecule has 0 aliphatic carbocycles. The van der Waals surface area contributed by atoms with Crippen LogP contribution in [0.1, 0.15) is 4.88 Å². The first-order valence-corrected chi connectivity index (χ1v) is 9.65. The van der Waals surface area contributed by atoms with Gasteiger partial charge >= 0.3 is 6.61 Å². The van der Waals surface area contributed by atoms with Crippen LogP contribution in [0.5, 0.6) is 5.75 Å². The van der Waals surface area contributed by atoms with Crippen LogP contribution in [0, 0.1) is 0 Å². The topological polar surface area (TPSA) is 68.5 Å². The van der Waals surface area contributed by atoms with Crippen LogP contribution in [0.25, 0.3) is 11.5 Å². The molecule has 0 atom stereocenters. The number of hydrogen-bond donors (Lipinski definition) is 0. The number of rotatable bonds is 8. The van der Waals surface area contributed by atoms with Crippen molar-refractivity contribution in [2.24, 2.45) is 0 Å². The summed E-state index contributed by atoms with van der Waals surface area (Å²) in [6.07, 6.45) is 0. The van der Waals surface area contributed by atoms with Gasteiger partial charge in [-0.15, -0.1) is 21.5 Å². The molecule has 0 fully saturated rings. The zero-order valence-corrected chi connectivity index (χ0v) is 15.8. The standard InChI is InChI=1S/C17H15F2N3O3S2/c1-22(9-13-3-2-8-26-13)14(23)10-27-17-21-20-15(25-17)11-4-6-12(7-5-11)24-16(18)19/h2-8,16H,9-10H2,1H3. The van der Waals surface area contributed by atoms with Crippen molar-refractivity contribution in [3.8, 4) is 17.2 Å². The molecule has 10 heteroatoms. The lowest BCUT2D eigenvalue weighted by molar-refractivity contribution is -0.127. The molecule has 2 aromatic heterocycles. The zero-order valence-electron chi connectivity index (χ0n) is 14.2. The number of aromatic nitrogens is 2. The van der Waals surface area contributed by atoms with Gasteiger partial charge in [-0.25, -0.2) is 0 Å². The monoisotopic (exact) mass is 411 g/mol. The van der Waals surface area contributed by atoms with Crippen molar-refractivity contribution in [1.82, 2.24) is 15.1 Å². The van der Waals surface area contributed by atoms with E-state index in [2.05, 4.69) is 14.9 Å². The number of ether oxygens (including phenoxy) is 1. The number of thiophene rings is 1. The van der Waals surface area contributed by atoms with E-state index >= 15 is 0 Å². The SMILES string of the molecule is CN(Cc1cccs1)C(=O)CSc1nnc(-c2ccc(OC(F)F)cc2)o1. The molecule has 0 radical (unpaired) electrons. The fourth-order valence-corrected chi connectivity index (χ4v) is 3.58. The van der Waals surface area contributed by atoms with Gasteiger partial charge in [-0.1, -0.05) is 17.8 Å². The molecule has 0 N–H and O–H groups in total. The quantitative estimate of drug-likeness (QED) is 0.519. The van der Waals surface area contributed by atoms with Gasteiger partial charge in [0.15, 0.2) is 0 Å². The van der Waals surface area contributed by atoms with Crippen LogP contribution in [-0.4, -0.2) is 40.4 Å². The maximum Gasteiger partial charge on any atom is 0.387 e. The van der Waals surface area contributed by atoms with Crippen molar-refractivity contribution < 1.29 is 22.7 Å². The predicted octanol–water partition coefficient (Wildman–Crippen LogP) is 4.15. The third kappa shape index (κ3) is 5.51. The van der Waals surface area contributed by atoms with E-state index in [1.807, 2.05) is 17.5 Å². The van der Waals surface area contributed by atoms with Crippen LogP contribution in [0.15, 0.2) is 51.4 Å². The number of nitrogens with zero attached hydrogens (tertiary/aromatic N) is 3. The van der Waals surface area contributed by atoms with Crippen LogP contribution in [-0.2, 0) is 11.3 Å².